The summed E-state index contributed by atoms with van der Waals surface area (Å²) in [6, 6.07) is -0.0131. The van der Waals surface area contributed by atoms with Crippen LogP contribution in [0.3, 0.4) is 0 Å². The highest BCUT2D eigenvalue weighted by Crippen LogP contribution is 2.41. The van der Waals surface area contributed by atoms with E-state index in [4.69, 9.17) is 5.73 Å². The lowest BCUT2D eigenvalue weighted by Gasteiger charge is -2.15. The summed E-state index contributed by atoms with van der Waals surface area (Å²) in [5.41, 5.74) is 6.06. The van der Waals surface area contributed by atoms with Crippen LogP contribution in [0.4, 0.5) is 0 Å². The minimum Gasteiger partial charge on any atom is -0.328 e. The van der Waals surface area contributed by atoms with Gasteiger partial charge in [-0.25, -0.2) is 9.78 Å². The Bertz CT molecular complexity index is 794. The van der Waals surface area contributed by atoms with Crippen LogP contribution in [0.1, 0.15) is 37.5 Å². The van der Waals surface area contributed by atoms with Crippen LogP contribution in [0.25, 0.3) is 11.2 Å². The molecule has 7 nitrogen and oxygen atoms in total. The fraction of sp³-hybridized carbons (Fsp3) is 0.615. The van der Waals surface area contributed by atoms with E-state index in [1.54, 1.807) is 7.05 Å². The average molecular weight is 277 g/mol. The normalized spacial score (nSPS) is 16.8. The van der Waals surface area contributed by atoms with Gasteiger partial charge in [-0.3, -0.25) is 13.9 Å². The third-order valence-electron chi connectivity index (χ3n) is 4.04. The molecular formula is C13H19N5O2. The third kappa shape index (κ3) is 1.66. The van der Waals surface area contributed by atoms with E-state index in [0.29, 0.717) is 23.6 Å². The van der Waals surface area contributed by atoms with Gasteiger partial charge in [-0.1, -0.05) is 0 Å². The van der Waals surface area contributed by atoms with Crippen LogP contribution < -0.4 is 17.0 Å². The minimum absolute atomic E-state index is 0.0131. The van der Waals surface area contributed by atoms with Gasteiger partial charge in [0.15, 0.2) is 11.2 Å². The molecule has 0 spiro atoms. The maximum absolute atomic E-state index is 12.4. The van der Waals surface area contributed by atoms with Crippen LogP contribution in [0.2, 0.25) is 0 Å². The highest BCUT2D eigenvalue weighted by molar-refractivity contribution is 5.71. The van der Waals surface area contributed by atoms with E-state index in [0.717, 1.165) is 23.2 Å². The lowest BCUT2D eigenvalue weighted by Crippen LogP contribution is -2.38. The number of fused-ring (bicyclic) bond motifs is 1. The van der Waals surface area contributed by atoms with E-state index in [1.807, 2.05) is 11.5 Å². The van der Waals surface area contributed by atoms with Crippen molar-refractivity contribution in [2.75, 3.05) is 6.54 Å². The molecule has 0 saturated heterocycles. The maximum atomic E-state index is 12.4. The molecule has 7 heteroatoms. The zero-order chi connectivity index (χ0) is 14.6. The smallest absolute Gasteiger partial charge is 0.328 e. The van der Waals surface area contributed by atoms with Gasteiger partial charge in [0.2, 0.25) is 0 Å². The molecule has 0 bridgehead atoms. The van der Waals surface area contributed by atoms with Gasteiger partial charge < -0.3 is 10.3 Å². The van der Waals surface area contributed by atoms with Gasteiger partial charge in [0, 0.05) is 32.6 Å². The van der Waals surface area contributed by atoms with Crippen molar-refractivity contribution in [3.63, 3.8) is 0 Å². The molecule has 0 amide bonds. The maximum Gasteiger partial charge on any atom is 0.332 e. The van der Waals surface area contributed by atoms with Gasteiger partial charge >= 0.3 is 5.69 Å². The van der Waals surface area contributed by atoms with Crippen LogP contribution in [0, 0.1) is 0 Å². The Kier molecular flexibility index (Phi) is 2.82. The Morgan fingerprint density at radius 3 is 2.50 bits per heavy atom. The first-order valence-corrected chi connectivity index (χ1v) is 6.85. The summed E-state index contributed by atoms with van der Waals surface area (Å²) in [5.74, 6) is 1.27. The Labute approximate surface area is 115 Å². The van der Waals surface area contributed by atoms with E-state index in [1.165, 1.54) is 11.6 Å². The first kappa shape index (κ1) is 13.1. The Morgan fingerprint density at radius 1 is 1.30 bits per heavy atom. The van der Waals surface area contributed by atoms with Crippen LogP contribution >= 0.6 is 0 Å². The first-order chi connectivity index (χ1) is 9.47. The van der Waals surface area contributed by atoms with Crippen molar-refractivity contribution in [1.29, 1.82) is 0 Å². The van der Waals surface area contributed by atoms with E-state index in [-0.39, 0.29) is 17.3 Å². The van der Waals surface area contributed by atoms with Crippen molar-refractivity contribution < 1.29 is 0 Å². The molecule has 3 rings (SSSR count). The van der Waals surface area contributed by atoms with Crippen molar-refractivity contribution in [2.45, 2.75) is 31.7 Å². The molecule has 0 aromatic carbocycles. The molecule has 0 radical (unpaired) electrons. The Morgan fingerprint density at radius 2 is 1.95 bits per heavy atom. The number of aromatic nitrogens is 4. The van der Waals surface area contributed by atoms with Gasteiger partial charge in [0.1, 0.15) is 5.82 Å². The van der Waals surface area contributed by atoms with Crippen molar-refractivity contribution in [3.8, 4) is 0 Å². The van der Waals surface area contributed by atoms with Gasteiger partial charge in [-0.15, -0.1) is 0 Å². The molecule has 2 aromatic rings. The molecular weight excluding hydrogens is 258 g/mol. The molecule has 2 N–H and O–H groups in total. The second-order valence-electron chi connectivity index (χ2n) is 5.58. The van der Waals surface area contributed by atoms with E-state index in [2.05, 4.69) is 4.98 Å². The van der Waals surface area contributed by atoms with Gasteiger partial charge in [-0.2, -0.15) is 0 Å². The predicted molar refractivity (Wildman–Crippen MR) is 76.0 cm³/mol. The molecule has 0 aliphatic heterocycles. The number of nitrogens with zero attached hydrogens (tertiary/aromatic N) is 4. The van der Waals surface area contributed by atoms with Crippen LogP contribution in [-0.2, 0) is 14.1 Å². The summed E-state index contributed by atoms with van der Waals surface area (Å²) < 4.78 is 4.48. The number of aryl methyl sites for hydroxylation is 1. The molecule has 1 atom stereocenters. The lowest BCUT2D eigenvalue weighted by atomic mass is 10.3. The molecule has 1 aliphatic carbocycles. The Balaban J connectivity index is 2.48. The second-order valence-corrected chi connectivity index (χ2v) is 5.58. The van der Waals surface area contributed by atoms with Crippen LogP contribution in [-0.4, -0.2) is 25.2 Å². The average Bonchev–Trinajstić information content (AvgIpc) is 3.21. The van der Waals surface area contributed by atoms with Crippen molar-refractivity contribution in [2.24, 2.45) is 19.8 Å². The molecule has 1 saturated carbocycles. The fourth-order valence-corrected chi connectivity index (χ4v) is 2.61. The molecule has 2 aromatic heterocycles. The summed E-state index contributed by atoms with van der Waals surface area (Å²) in [4.78, 5) is 29.0. The summed E-state index contributed by atoms with van der Waals surface area (Å²) in [7, 11) is 3.14. The minimum atomic E-state index is -0.352. The highest BCUT2D eigenvalue weighted by atomic mass is 16.2. The first-order valence-electron chi connectivity index (χ1n) is 6.85. The number of hydrogen-bond acceptors (Lipinski definition) is 4. The third-order valence-corrected chi connectivity index (χ3v) is 4.04. The summed E-state index contributed by atoms with van der Waals surface area (Å²) in [6.07, 6.45) is 2.16. The van der Waals surface area contributed by atoms with Crippen molar-refractivity contribution >= 4 is 11.2 Å². The zero-order valence-corrected chi connectivity index (χ0v) is 12.0. The number of nitrogens with two attached hydrogens (primary N) is 1. The van der Waals surface area contributed by atoms with Gasteiger partial charge in [0.05, 0.1) is 0 Å². The van der Waals surface area contributed by atoms with Gasteiger partial charge in [0.25, 0.3) is 5.56 Å². The van der Waals surface area contributed by atoms with Crippen LogP contribution in [0.15, 0.2) is 9.59 Å². The highest BCUT2D eigenvalue weighted by Gasteiger charge is 2.32. The lowest BCUT2D eigenvalue weighted by molar-refractivity contribution is 0.545. The van der Waals surface area contributed by atoms with E-state index >= 15 is 0 Å². The molecule has 1 fully saturated rings. The molecule has 108 valence electrons. The molecule has 2 heterocycles. The number of hydrogen-bond donors (Lipinski definition) is 1. The SMILES string of the molecule is CC(CN)n1c(C2CC2)nc2c1c(=O)n(C)c(=O)n2C. The van der Waals surface area contributed by atoms with E-state index < -0.39 is 0 Å². The largest absolute Gasteiger partial charge is 0.332 e. The Hall–Kier alpha value is -1.89. The summed E-state index contributed by atoms with van der Waals surface area (Å²) in [5, 5.41) is 0. The fourth-order valence-electron chi connectivity index (χ4n) is 2.61. The van der Waals surface area contributed by atoms with E-state index in [9.17, 15) is 9.59 Å². The standard InChI is InChI=1S/C13H19N5O2/c1-7(6-14)18-9-11(15-10(18)8-4-5-8)16(2)13(20)17(3)12(9)19/h7-8H,4-6,14H2,1-3H3. The van der Waals surface area contributed by atoms with Crippen molar-refractivity contribution in [3.05, 3.63) is 26.7 Å². The van der Waals surface area contributed by atoms with Gasteiger partial charge in [-0.05, 0) is 19.8 Å². The zero-order valence-electron chi connectivity index (χ0n) is 12.0. The van der Waals surface area contributed by atoms with Crippen molar-refractivity contribution in [1.82, 2.24) is 18.7 Å². The molecule has 20 heavy (non-hydrogen) atoms. The summed E-state index contributed by atoms with van der Waals surface area (Å²) in [6.45, 7) is 2.40. The summed E-state index contributed by atoms with van der Waals surface area (Å²) >= 11 is 0. The predicted octanol–water partition coefficient (Wildman–Crippen LogP) is -0.169. The quantitative estimate of drug-likeness (QED) is 0.843. The second kappa shape index (κ2) is 4.31. The topological polar surface area (TPSA) is 87.8 Å². The number of imidazole rings is 1. The molecule has 1 aliphatic rings. The number of rotatable bonds is 3. The van der Waals surface area contributed by atoms with Crippen LogP contribution in [0.5, 0.6) is 0 Å². The molecule has 1 unspecified atom stereocenters. The monoisotopic (exact) mass is 277 g/mol.